The Morgan fingerprint density at radius 1 is 0.815 bits per heavy atom. The average Bonchev–Trinajstić information content (AvgIpc) is 2.72. The van der Waals surface area contributed by atoms with E-state index in [-0.39, 0.29) is 23.2 Å². The Labute approximate surface area is 154 Å². The molecular formula is C20H15N3O4. The molecule has 1 N–H and O–H groups in total. The van der Waals surface area contributed by atoms with Crippen molar-refractivity contribution in [2.75, 3.05) is 0 Å². The fraction of sp³-hybridized carbons (Fsp3) is 0.0500. The Morgan fingerprint density at radius 2 is 1.56 bits per heavy atom. The maximum atomic E-state index is 13.1. The van der Waals surface area contributed by atoms with Gasteiger partial charge in [0, 0.05) is 24.8 Å². The maximum Gasteiger partial charge on any atom is 0.338 e. The van der Waals surface area contributed by atoms with Crippen molar-refractivity contribution in [3.8, 4) is 0 Å². The molecule has 0 atom stereocenters. The molecule has 0 unspecified atom stereocenters. The molecule has 0 saturated carbocycles. The Kier molecular flexibility index (Phi) is 5.32. The molecule has 134 valence electrons. The Morgan fingerprint density at radius 3 is 2.22 bits per heavy atom. The van der Waals surface area contributed by atoms with Crippen LogP contribution in [0.2, 0.25) is 0 Å². The number of carbonyl (C=O) groups is 3. The van der Waals surface area contributed by atoms with Crippen molar-refractivity contribution in [2.24, 2.45) is 0 Å². The SMILES string of the molecule is O=C(O)c1cnccc1C(=O)N(Cc1ccccc1)C(=O)c1cccnc1. The van der Waals surface area contributed by atoms with Gasteiger partial charge in [-0.2, -0.15) is 0 Å². The van der Waals surface area contributed by atoms with Gasteiger partial charge in [-0.1, -0.05) is 30.3 Å². The summed E-state index contributed by atoms with van der Waals surface area (Å²) in [5.74, 6) is -2.57. The molecule has 0 bridgehead atoms. The Hall–Kier alpha value is -3.87. The van der Waals surface area contributed by atoms with E-state index in [1.54, 1.807) is 36.4 Å². The monoisotopic (exact) mass is 361 g/mol. The molecule has 3 aromatic rings. The normalized spacial score (nSPS) is 10.2. The number of carboxylic acids is 1. The highest BCUT2D eigenvalue weighted by Crippen LogP contribution is 2.16. The predicted molar refractivity (Wildman–Crippen MR) is 96.1 cm³/mol. The number of hydrogen-bond acceptors (Lipinski definition) is 5. The first-order valence-corrected chi connectivity index (χ1v) is 8.05. The Balaban J connectivity index is 2.03. The van der Waals surface area contributed by atoms with Gasteiger partial charge in [0.15, 0.2) is 0 Å². The summed E-state index contributed by atoms with van der Waals surface area (Å²) in [7, 11) is 0. The molecule has 7 heteroatoms. The van der Waals surface area contributed by atoms with Crippen LogP contribution in [0.3, 0.4) is 0 Å². The van der Waals surface area contributed by atoms with Crippen LogP contribution in [0, 0.1) is 0 Å². The number of carboxylic acid groups (broad SMARTS) is 1. The maximum absolute atomic E-state index is 13.1. The summed E-state index contributed by atoms with van der Waals surface area (Å²) in [4.78, 5) is 46.1. The van der Waals surface area contributed by atoms with Crippen LogP contribution in [0.15, 0.2) is 73.3 Å². The lowest BCUT2D eigenvalue weighted by Crippen LogP contribution is -2.37. The number of aromatic nitrogens is 2. The number of benzene rings is 1. The summed E-state index contributed by atoms with van der Waals surface area (Å²) in [5, 5.41) is 9.34. The minimum Gasteiger partial charge on any atom is -0.478 e. The third kappa shape index (κ3) is 4.04. The summed E-state index contributed by atoms with van der Waals surface area (Å²) in [6, 6.07) is 13.4. The van der Waals surface area contributed by atoms with E-state index in [0.717, 1.165) is 16.7 Å². The topological polar surface area (TPSA) is 100 Å². The average molecular weight is 361 g/mol. The van der Waals surface area contributed by atoms with E-state index in [0.29, 0.717) is 0 Å². The van der Waals surface area contributed by atoms with E-state index in [2.05, 4.69) is 9.97 Å². The zero-order valence-electron chi connectivity index (χ0n) is 14.1. The van der Waals surface area contributed by atoms with Crippen molar-refractivity contribution in [1.82, 2.24) is 14.9 Å². The highest BCUT2D eigenvalue weighted by atomic mass is 16.4. The van der Waals surface area contributed by atoms with E-state index in [1.165, 1.54) is 24.7 Å². The number of pyridine rings is 2. The van der Waals surface area contributed by atoms with Gasteiger partial charge in [-0.25, -0.2) is 4.79 Å². The largest absolute Gasteiger partial charge is 0.478 e. The van der Waals surface area contributed by atoms with Gasteiger partial charge in [-0.05, 0) is 23.8 Å². The lowest BCUT2D eigenvalue weighted by Gasteiger charge is -2.21. The standard InChI is InChI=1S/C20H15N3O4/c24-18(15-7-4-9-21-11-15)23(13-14-5-2-1-3-6-14)19(25)16-8-10-22-12-17(16)20(26)27/h1-12H,13H2,(H,26,27). The van der Waals surface area contributed by atoms with Crippen LogP contribution in [0.25, 0.3) is 0 Å². The summed E-state index contributed by atoms with van der Waals surface area (Å²) >= 11 is 0. The molecule has 7 nitrogen and oxygen atoms in total. The first kappa shape index (κ1) is 17.9. The van der Waals surface area contributed by atoms with Gasteiger partial charge < -0.3 is 5.11 Å². The van der Waals surface area contributed by atoms with Crippen LogP contribution in [0.1, 0.15) is 36.6 Å². The fourth-order valence-electron chi connectivity index (χ4n) is 2.54. The summed E-state index contributed by atoms with van der Waals surface area (Å²) in [6.07, 6.45) is 5.28. The lowest BCUT2D eigenvalue weighted by atomic mass is 10.1. The fourth-order valence-corrected chi connectivity index (χ4v) is 2.54. The first-order chi connectivity index (χ1) is 13.1. The molecule has 0 spiro atoms. The number of imide groups is 1. The lowest BCUT2D eigenvalue weighted by molar-refractivity contribution is 0.0589. The highest BCUT2D eigenvalue weighted by Gasteiger charge is 2.27. The van der Waals surface area contributed by atoms with Gasteiger partial charge in [0.2, 0.25) is 0 Å². The van der Waals surface area contributed by atoms with Crippen LogP contribution in [-0.4, -0.2) is 37.8 Å². The third-order valence-corrected chi connectivity index (χ3v) is 3.86. The number of carbonyl (C=O) groups excluding carboxylic acids is 2. The third-order valence-electron chi connectivity index (χ3n) is 3.86. The molecule has 3 rings (SSSR count). The molecule has 0 fully saturated rings. The highest BCUT2D eigenvalue weighted by molar-refractivity contribution is 6.13. The van der Waals surface area contributed by atoms with E-state index in [4.69, 9.17) is 0 Å². The van der Waals surface area contributed by atoms with E-state index in [1.807, 2.05) is 6.07 Å². The van der Waals surface area contributed by atoms with E-state index >= 15 is 0 Å². The summed E-state index contributed by atoms with van der Waals surface area (Å²) < 4.78 is 0. The van der Waals surface area contributed by atoms with Crippen molar-refractivity contribution in [3.05, 3.63) is 95.6 Å². The van der Waals surface area contributed by atoms with E-state index < -0.39 is 17.8 Å². The molecule has 0 aliphatic rings. The zero-order chi connectivity index (χ0) is 19.2. The van der Waals surface area contributed by atoms with Crippen molar-refractivity contribution in [3.63, 3.8) is 0 Å². The van der Waals surface area contributed by atoms with Crippen LogP contribution in [-0.2, 0) is 6.54 Å². The second kappa shape index (κ2) is 8.01. The van der Waals surface area contributed by atoms with Crippen molar-refractivity contribution in [1.29, 1.82) is 0 Å². The molecule has 0 saturated heterocycles. The Bertz CT molecular complexity index is 975. The number of aromatic carboxylic acids is 1. The number of nitrogens with zero attached hydrogens (tertiary/aromatic N) is 3. The smallest absolute Gasteiger partial charge is 0.338 e. The minimum absolute atomic E-state index is 0.00518. The van der Waals surface area contributed by atoms with Gasteiger partial charge in [-0.3, -0.25) is 24.5 Å². The first-order valence-electron chi connectivity index (χ1n) is 8.05. The number of hydrogen-bond donors (Lipinski definition) is 1. The van der Waals surface area contributed by atoms with Crippen molar-refractivity contribution in [2.45, 2.75) is 6.54 Å². The number of amides is 2. The van der Waals surface area contributed by atoms with Crippen LogP contribution >= 0.6 is 0 Å². The zero-order valence-corrected chi connectivity index (χ0v) is 14.1. The van der Waals surface area contributed by atoms with Crippen molar-refractivity contribution >= 4 is 17.8 Å². The molecule has 0 aliphatic carbocycles. The van der Waals surface area contributed by atoms with Gasteiger partial charge >= 0.3 is 5.97 Å². The molecule has 1 aromatic carbocycles. The van der Waals surface area contributed by atoms with Gasteiger partial charge in [0.05, 0.1) is 23.2 Å². The molecule has 2 amide bonds. The summed E-state index contributed by atoms with van der Waals surface area (Å²) in [6.45, 7) is -0.00518. The second-order valence-electron chi connectivity index (χ2n) is 5.65. The quantitative estimate of drug-likeness (QED) is 0.701. The van der Waals surface area contributed by atoms with Gasteiger partial charge in [0.25, 0.3) is 11.8 Å². The molecule has 2 heterocycles. The van der Waals surface area contributed by atoms with E-state index in [9.17, 15) is 19.5 Å². The van der Waals surface area contributed by atoms with Gasteiger partial charge in [-0.15, -0.1) is 0 Å². The predicted octanol–water partition coefficient (Wildman–Crippen LogP) is 2.66. The van der Waals surface area contributed by atoms with Gasteiger partial charge in [0.1, 0.15) is 0 Å². The second-order valence-corrected chi connectivity index (χ2v) is 5.65. The molecule has 2 aromatic heterocycles. The van der Waals surface area contributed by atoms with Crippen LogP contribution in [0.5, 0.6) is 0 Å². The minimum atomic E-state index is -1.29. The van der Waals surface area contributed by atoms with Crippen LogP contribution in [0.4, 0.5) is 0 Å². The molecule has 27 heavy (non-hydrogen) atoms. The van der Waals surface area contributed by atoms with Crippen LogP contribution < -0.4 is 0 Å². The van der Waals surface area contributed by atoms with Crippen molar-refractivity contribution < 1.29 is 19.5 Å². The number of rotatable bonds is 5. The summed E-state index contributed by atoms with van der Waals surface area (Å²) in [5.41, 5.74) is 0.590. The molecular weight excluding hydrogens is 346 g/mol. The molecule has 0 aliphatic heterocycles. The molecule has 0 radical (unpaired) electrons.